The first-order chi connectivity index (χ1) is 8.95. The van der Waals surface area contributed by atoms with Crippen LogP contribution in [0.15, 0.2) is 36.4 Å². The fraction of sp³-hybridized carbons (Fsp3) is 0. The molecule has 19 heavy (non-hydrogen) atoms. The average Bonchev–Trinajstić information content (AvgIpc) is 2.31. The van der Waals surface area contributed by atoms with E-state index in [2.05, 4.69) is 5.32 Å². The number of benzene rings is 2. The van der Waals surface area contributed by atoms with Gasteiger partial charge in [-0.05, 0) is 59.0 Å². The molecule has 0 aliphatic heterocycles. The molecular weight excluding hydrogens is 400 g/mol. The molecule has 2 aromatic carbocycles. The molecule has 0 atom stereocenters. The van der Waals surface area contributed by atoms with Gasteiger partial charge in [0, 0.05) is 21.3 Å². The molecule has 0 fully saturated rings. The topological polar surface area (TPSA) is 49.3 Å². The van der Waals surface area contributed by atoms with E-state index in [4.69, 9.17) is 23.2 Å². The highest BCUT2D eigenvalue weighted by Gasteiger charge is 2.09. The number of hydrogen-bond acceptors (Lipinski definition) is 2. The number of halogens is 3. The highest BCUT2D eigenvalue weighted by atomic mass is 127. The van der Waals surface area contributed by atoms with Crippen LogP contribution in [0.2, 0.25) is 10.0 Å². The third-order valence-corrected chi connectivity index (χ3v) is 3.68. The van der Waals surface area contributed by atoms with Crippen LogP contribution < -0.4 is 5.32 Å². The van der Waals surface area contributed by atoms with Gasteiger partial charge in [0.05, 0.1) is 3.57 Å². The van der Waals surface area contributed by atoms with Crippen LogP contribution in [0.1, 0.15) is 10.4 Å². The lowest BCUT2D eigenvalue weighted by molar-refractivity contribution is 0.102. The maximum Gasteiger partial charge on any atom is 0.255 e. The van der Waals surface area contributed by atoms with Crippen LogP contribution in [0.3, 0.4) is 0 Å². The second kappa shape index (κ2) is 5.98. The Morgan fingerprint density at radius 2 is 1.74 bits per heavy atom. The predicted octanol–water partition coefficient (Wildman–Crippen LogP) is 4.56. The number of anilines is 1. The Morgan fingerprint density at radius 1 is 1.11 bits per heavy atom. The van der Waals surface area contributed by atoms with Crippen LogP contribution in [0, 0.1) is 3.57 Å². The lowest BCUT2D eigenvalue weighted by Crippen LogP contribution is -2.11. The fourth-order valence-electron chi connectivity index (χ4n) is 1.48. The summed E-state index contributed by atoms with van der Waals surface area (Å²) < 4.78 is 0.681. The van der Waals surface area contributed by atoms with Gasteiger partial charge in [-0.25, -0.2) is 0 Å². The van der Waals surface area contributed by atoms with Gasteiger partial charge in [-0.15, -0.1) is 0 Å². The van der Waals surface area contributed by atoms with Gasteiger partial charge in [-0.1, -0.05) is 23.2 Å². The highest BCUT2D eigenvalue weighted by Crippen LogP contribution is 2.24. The molecule has 0 radical (unpaired) electrons. The van der Waals surface area contributed by atoms with Crippen molar-refractivity contribution in [1.82, 2.24) is 0 Å². The minimum Gasteiger partial charge on any atom is -0.507 e. The minimum absolute atomic E-state index is 0.0670. The number of amides is 1. The molecule has 0 bridgehead atoms. The number of nitrogens with one attached hydrogen (secondary N) is 1. The Bertz CT molecular complexity index is 626. The van der Waals surface area contributed by atoms with Crippen LogP contribution >= 0.6 is 45.8 Å². The molecule has 98 valence electrons. The Kier molecular flexibility index (Phi) is 4.54. The first-order valence-corrected chi connectivity index (χ1v) is 7.05. The summed E-state index contributed by atoms with van der Waals surface area (Å²) in [5, 5.41) is 13.1. The molecule has 0 saturated carbocycles. The summed E-state index contributed by atoms with van der Waals surface area (Å²) >= 11 is 13.7. The number of phenolic OH excluding ortho intramolecular Hbond substituents is 1. The van der Waals surface area contributed by atoms with Gasteiger partial charge in [-0.2, -0.15) is 0 Å². The van der Waals surface area contributed by atoms with Crippen LogP contribution in [0.25, 0.3) is 0 Å². The van der Waals surface area contributed by atoms with Crippen molar-refractivity contribution >= 4 is 57.4 Å². The SMILES string of the molecule is O=C(Nc1cc(Cl)cc(Cl)c1)c1ccc(I)c(O)c1. The molecule has 2 aromatic rings. The normalized spacial score (nSPS) is 10.3. The molecule has 1 amide bonds. The first kappa shape index (κ1) is 14.4. The van der Waals surface area contributed by atoms with Crippen LogP contribution in [0.4, 0.5) is 5.69 Å². The van der Waals surface area contributed by atoms with Gasteiger partial charge in [0.15, 0.2) is 0 Å². The summed E-state index contributed by atoms with van der Waals surface area (Å²) in [4.78, 5) is 12.0. The number of hydrogen-bond donors (Lipinski definition) is 2. The maximum atomic E-state index is 12.0. The van der Waals surface area contributed by atoms with Gasteiger partial charge in [0.2, 0.25) is 0 Å². The van der Waals surface area contributed by atoms with Crippen molar-refractivity contribution in [2.45, 2.75) is 0 Å². The molecule has 0 aromatic heterocycles. The van der Waals surface area contributed by atoms with Gasteiger partial charge < -0.3 is 10.4 Å². The second-order valence-corrected chi connectivity index (χ2v) is 5.81. The van der Waals surface area contributed by atoms with Crippen LogP contribution in [-0.2, 0) is 0 Å². The van der Waals surface area contributed by atoms with E-state index in [0.29, 0.717) is 24.9 Å². The van der Waals surface area contributed by atoms with Crippen molar-refractivity contribution in [2.24, 2.45) is 0 Å². The molecule has 0 aliphatic carbocycles. The van der Waals surface area contributed by atoms with Crippen LogP contribution in [-0.4, -0.2) is 11.0 Å². The van der Waals surface area contributed by atoms with Crippen molar-refractivity contribution < 1.29 is 9.90 Å². The Hall–Kier alpha value is -0.980. The molecule has 2 rings (SSSR count). The molecule has 6 heteroatoms. The van der Waals surface area contributed by atoms with E-state index >= 15 is 0 Å². The van der Waals surface area contributed by atoms with E-state index in [0.717, 1.165) is 0 Å². The predicted molar refractivity (Wildman–Crippen MR) is 85.2 cm³/mol. The smallest absolute Gasteiger partial charge is 0.255 e. The van der Waals surface area contributed by atoms with Gasteiger partial charge >= 0.3 is 0 Å². The number of phenols is 1. The number of aromatic hydroxyl groups is 1. The van der Waals surface area contributed by atoms with Crippen molar-refractivity contribution in [1.29, 1.82) is 0 Å². The Balaban J connectivity index is 2.22. The van der Waals surface area contributed by atoms with Crippen molar-refractivity contribution in [2.75, 3.05) is 5.32 Å². The highest BCUT2D eigenvalue weighted by molar-refractivity contribution is 14.1. The molecule has 0 aliphatic rings. The molecule has 2 N–H and O–H groups in total. The van der Waals surface area contributed by atoms with E-state index < -0.39 is 0 Å². The van der Waals surface area contributed by atoms with E-state index in [1.807, 2.05) is 22.6 Å². The number of carbonyl (C=O) groups excluding carboxylic acids is 1. The number of rotatable bonds is 2. The monoisotopic (exact) mass is 407 g/mol. The summed E-state index contributed by atoms with van der Waals surface area (Å²) in [6, 6.07) is 9.47. The zero-order chi connectivity index (χ0) is 14.0. The Labute approximate surface area is 133 Å². The molecule has 0 spiro atoms. The quantitative estimate of drug-likeness (QED) is 0.717. The van der Waals surface area contributed by atoms with Crippen molar-refractivity contribution in [3.8, 4) is 5.75 Å². The second-order valence-electron chi connectivity index (χ2n) is 3.78. The summed E-state index contributed by atoms with van der Waals surface area (Å²) in [6.45, 7) is 0. The zero-order valence-electron chi connectivity index (χ0n) is 9.45. The summed E-state index contributed by atoms with van der Waals surface area (Å²) in [6.07, 6.45) is 0. The third kappa shape index (κ3) is 3.75. The summed E-state index contributed by atoms with van der Waals surface area (Å²) in [7, 11) is 0. The lowest BCUT2D eigenvalue weighted by atomic mass is 10.2. The molecule has 3 nitrogen and oxygen atoms in total. The minimum atomic E-state index is -0.343. The molecule has 0 saturated heterocycles. The van der Waals surface area contributed by atoms with Crippen molar-refractivity contribution in [3.63, 3.8) is 0 Å². The average molecular weight is 408 g/mol. The zero-order valence-corrected chi connectivity index (χ0v) is 13.1. The van der Waals surface area contributed by atoms with E-state index in [1.165, 1.54) is 6.07 Å². The summed E-state index contributed by atoms with van der Waals surface area (Å²) in [5.41, 5.74) is 0.856. The number of carbonyl (C=O) groups is 1. The summed E-state index contributed by atoms with van der Waals surface area (Å²) in [5.74, 6) is -0.276. The fourth-order valence-corrected chi connectivity index (χ4v) is 2.34. The Morgan fingerprint density at radius 3 is 2.32 bits per heavy atom. The maximum absolute atomic E-state index is 12.0. The third-order valence-electron chi connectivity index (χ3n) is 2.33. The largest absolute Gasteiger partial charge is 0.507 e. The van der Waals surface area contributed by atoms with Gasteiger partial charge in [0.1, 0.15) is 5.75 Å². The molecule has 0 heterocycles. The van der Waals surface area contributed by atoms with Crippen LogP contribution in [0.5, 0.6) is 5.75 Å². The van der Waals surface area contributed by atoms with Crippen molar-refractivity contribution in [3.05, 3.63) is 55.6 Å². The van der Waals surface area contributed by atoms with Gasteiger partial charge in [-0.3, -0.25) is 4.79 Å². The van der Waals surface area contributed by atoms with E-state index in [9.17, 15) is 9.90 Å². The van der Waals surface area contributed by atoms with E-state index in [1.54, 1.807) is 30.3 Å². The van der Waals surface area contributed by atoms with Gasteiger partial charge in [0.25, 0.3) is 5.91 Å². The standard InChI is InChI=1S/C13H8Cl2INO2/c14-8-4-9(15)6-10(5-8)17-13(19)7-1-2-11(16)12(18)3-7/h1-6,18H,(H,17,19). The first-order valence-electron chi connectivity index (χ1n) is 5.21. The molecule has 0 unspecified atom stereocenters. The lowest BCUT2D eigenvalue weighted by Gasteiger charge is -2.07. The van der Waals surface area contributed by atoms with E-state index in [-0.39, 0.29) is 11.7 Å². The molecular formula is C13H8Cl2INO2.